The zero-order valence-electron chi connectivity index (χ0n) is 8.80. The van der Waals surface area contributed by atoms with Crippen molar-refractivity contribution in [3.05, 3.63) is 18.2 Å². The molecule has 14 heavy (non-hydrogen) atoms. The molecule has 1 aromatic heterocycles. The van der Waals surface area contributed by atoms with Crippen molar-refractivity contribution in [2.24, 2.45) is 0 Å². The molecule has 0 fully saturated rings. The van der Waals surface area contributed by atoms with Crippen molar-refractivity contribution in [1.82, 2.24) is 9.97 Å². The van der Waals surface area contributed by atoms with E-state index in [1.165, 1.54) is 32.1 Å². The normalized spacial score (nSPS) is 13.0. The molecule has 0 bridgehead atoms. The van der Waals surface area contributed by atoms with Gasteiger partial charge in [0.15, 0.2) is 0 Å². The predicted molar refractivity (Wildman–Crippen MR) is 63.8 cm³/mol. The standard InChI is InChI=1S/C11H19BrN2/c1-2-3-4-5-6-10(12)9-11-13-7-8-14-11/h7-8,10H,2-6,9H2,1H3,(H,13,14). The van der Waals surface area contributed by atoms with Gasteiger partial charge in [-0.25, -0.2) is 4.98 Å². The molecule has 0 aromatic carbocycles. The number of aromatic amines is 1. The molecule has 1 aromatic rings. The van der Waals surface area contributed by atoms with Crippen molar-refractivity contribution in [2.75, 3.05) is 0 Å². The highest BCUT2D eigenvalue weighted by molar-refractivity contribution is 9.09. The first kappa shape index (κ1) is 11.8. The number of hydrogen-bond acceptors (Lipinski definition) is 1. The van der Waals surface area contributed by atoms with Gasteiger partial charge in [0, 0.05) is 23.6 Å². The van der Waals surface area contributed by atoms with E-state index in [0.717, 1.165) is 12.2 Å². The molecule has 0 aliphatic carbocycles. The van der Waals surface area contributed by atoms with Crippen LogP contribution in [0.5, 0.6) is 0 Å². The Morgan fingerprint density at radius 2 is 2.29 bits per heavy atom. The Bertz CT molecular complexity index is 221. The van der Waals surface area contributed by atoms with Crippen LogP contribution in [0.15, 0.2) is 12.4 Å². The summed E-state index contributed by atoms with van der Waals surface area (Å²) in [6, 6.07) is 0. The van der Waals surface area contributed by atoms with Crippen molar-refractivity contribution in [3.8, 4) is 0 Å². The Morgan fingerprint density at radius 1 is 1.43 bits per heavy atom. The molecule has 2 nitrogen and oxygen atoms in total. The van der Waals surface area contributed by atoms with Crippen LogP contribution >= 0.6 is 15.9 Å². The Labute approximate surface area is 94.6 Å². The van der Waals surface area contributed by atoms with E-state index in [1.54, 1.807) is 0 Å². The summed E-state index contributed by atoms with van der Waals surface area (Å²) >= 11 is 3.69. The average Bonchev–Trinajstić information content (AvgIpc) is 2.65. The summed E-state index contributed by atoms with van der Waals surface area (Å²) in [7, 11) is 0. The van der Waals surface area contributed by atoms with Crippen molar-refractivity contribution < 1.29 is 0 Å². The number of imidazole rings is 1. The summed E-state index contributed by atoms with van der Waals surface area (Å²) in [5, 5.41) is 0. The molecule has 0 radical (unpaired) electrons. The van der Waals surface area contributed by atoms with E-state index >= 15 is 0 Å². The summed E-state index contributed by atoms with van der Waals surface area (Å²) in [4.78, 5) is 7.92. The lowest BCUT2D eigenvalue weighted by Gasteiger charge is -2.07. The summed E-state index contributed by atoms with van der Waals surface area (Å²) in [5.74, 6) is 1.09. The van der Waals surface area contributed by atoms with Crippen molar-refractivity contribution in [1.29, 1.82) is 0 Å². The molecular formula is C11H19BrN2. The first-order valence-electron chi connectivity index (χ1n) is 5.45. The topological polar surface area (TPSA) is 28.7 Å². The van der Waals surface area contributed by atoms with Gasteiger partial charge in [-0.1, -0.05) is 48.5 Å². The molecule has 0 saturated carbocycles. The van der Waals surface area contributed by atoms with Crippen LogP contribution in [0.1, 0.15) is 44.9 Å². The summed E-state index contributed by atoms with van der Waals surface area (Å²) in [6.45, 7) is 2.24. The number of H-pyrrole nitrogens is 1. The van der Waals surface area contributed by atoms with Gasteiger partial charge in [0.2, 0.25) is 0 Å². The fraction of sp³-hybridized carbons (Fsp3) is 0.727. The van der Waals surface area contributed by atoms with E-state index in [-0.39, 0.29) is 0 Å². The van der Waals surface area contributed by atoms with Crippen LogP contribution in [0.3, 0.4) is 0 Å². The summed E-state index contributed by atoms with van der Waals surface area (Å²) in [5.41, 5.74) is 0. The van der Waals surface area contributed by atoms with E-state index in [1.807, 2.05) is 12.4 Å². The molecular weight excluding hydrogens is 240 g/mol. The maximum Gasteiger partial charge on any atom is 0.107 e. The Morgan fingerprint density at radius 3 is 2.93 bits per heavy atom. The van der Waals surface area contributed by atoms with Gasteiger partial charge in [0.05, 0.1) is 0 Å². The highest BCUT2D eigenvalue weighted by Crippen LogP contribution is 2.15. The lowest BCUT2D eigenvalue weighted by atomic mass is 10.1. The van der Waals surface area contributed by atoms with Crippen LogP contribution in [-0.2, 0) is 6.42 Å². The van der Waals surface area contributed by atoms with Gasteiger partial charge in [-0.15, -0.1) is 0 Å². The third-order valence-electron chi connectivity index (χ3n) is 2.34. The number of hydrogen-bond donors (Lipinski definition) is 1. The van der Waals surface area contributed by atoms with E-state index in [2.05, 4.69) is 32.8 Å². The van der Waals surface area contributed by atoms with E-state index in [4.69, 9.17) is 0 Å². The third kappa shape index (κ3) is 4.80. The third-order valence-corrected chi connectivity index (χ3v) is 3.12. The highest BCUT2D eigenvalue weighted by Gasteiger charge is 2.06. The number of nitrogens with zero attached hydrogens (tertiary/aromatic N) is 1. The molecule has 0 aliphatic rings. The van der Waals surface area contributed by atoms with Crippen LogP contribution < -0.4 is 0 Å². The molecule has 1 heterocycles. The van der Waals surface area contributed by atoms with Gasteiger partial charge in [0.25, 0.3) is 0 Å². The molecule has 1 N–H and O–H groups in total. The fourth-order valence-electron chi connectivity index (χ4n) is 1.51. The second-order valence-corrected chi connectivity index (χ2v) is 4.98. The molecule has 1 rings (SSSR count). The van der Waals surface area contributed by atoms with Gasteiger partial charge < -0.3 is 4.98 Å². The molecule has 0 amide bonds. The predicted octanol–water partition coefficient (Wildman–Crippen LogP) is 3.69. The molecule has 0 spiro atoms. The zero-order valence-corrected chi connectivity index (χ0v) is 10.4. The number of rotatable bonds is 7. The highest BCUT2D eigenvalue weighted by atomic mass is 79.9. The van der Waals surface area contributed by atoms with Crippen LogP contribution in [-0.4, -0.2) is 14.8 Å². The maximum atomic E-state index is 4.22. The lowest BCUT2D eigenvalue weighted by molar-refractivity contribution is 0.615. The number of nitrogens with one attached hydrogen (secondary N) is 1. The average molecular weight is 259 g/mol. The molecule has 1 atom stereocenters. The molecule has 80 valence electrons. The van der Waals surface area contributed by atoms with E-state index in [9.17, 15) is 0 Å². The van der Waals surface area contributed by atoms with Crippen LogP contribution in [0.4, 0.5) is 0 Å². The van der Waals surface area contributed by atoms with E-state index < -0.39 is 0 Å². The van der Waals surface area contributed by atoms with Crippen LogP contribution in [0.25, 0.3) is 0 Å². The first-order valence-corrected chi connectivity index (χ1v) is 6.36. The summed E-state index contributed by atoms with van der Waals surface area (Å²) in [6.07, 6.45) is 11.3. The van der Waals surface area contributed by atoms with Gasteiger partial charge >= 0.3 is 0 Å². The maximum absolute atomic E-state index is 4.22. The number of halogens is 1. The van der Waals surface area contributed by atoms with Crippen molar-refractivity contribution in [3.63, 3.8) is 0 Å². The molecule has 0 saturated heterocycles. The second-order valence-electron chi connectivity index (χ2n) is 3.69. The minimum Gasteiger partial charge on any atom is -0.349 e. The largest absolute Gasteiger partial charge is 0.349 e. The fourth-order valence-corrected chi connectivity index (χ4v) is 2.14. The van der Waals surface area contributed by atoms with Gasteiger partial charge in [-0.3, -0.25) is 0 Å². The van der Waals surface area contributed by atoms with Crippen LogP contribution in [0.2, 0.25) is 0 Å². The second kappa shape index (κ2) is 7.04. The van der Waals surface area contributed by atoms with Gasteiger partial charge in [-0.05, 0) is 6.42 Å². The minimum absolute atomic E-state index is 0.575. The lowest BCUT2D eigenvalue weighted by Crippen LogP contribution is -2.04. The first-order chi connectivity index (χ1) is 6.83. The van der Waals surface area contributed by atoms with E-state index in [0.29, 0.717) is 4.83 Å². The van der Waals surface area contributed by atoms with Crippen molar-refractivity contribution >= 4 is 15.9 Å². The Kier molecular flexibility index (Phi) is 5.92. The quantitative estimate of drug-likeness (QED) is 0.587. The Balaban J connectivity index is 2.07. The van der Waals surface area contributed by atoms with Gasteiger partial charge in [-0.2, -0.15) is 0 Å². The van der Waals surface area contributed by atoms with Crippen LogP contribution in [0, 0.1) is 0 Å². The number of aromatic nitrogens is 2. The van der Waals surface area contributed by atoms with Gasteiger partial charge in [0.1, 0.15) is 5.82 Å². The Hall–Kier alpha value is -0.310. The number of unbranched alkanes of at least 4 members (excludes halogenated alkanes) is 3. The monoisotopic (exact) mass is 258 g/mol. The molecule has 0 aliphatic heterocycles. The number of alkyl halides is 1. The molecule has 3 heteroatoms. The molecule has 1 unspecified atom stereocenters. The smallest absolute Gasteiger partial charge is 0.107 e. The summed E-state index contributed by atoms with van der Waals surface area (Å²) < 4.78 is 0. The van der Waals surface area contributed by atoms with Crippen molar-refractivity contribution in [2.45, 2.75) is 50.3 Å². The zero-order chi connectivity index (χ0) is 10.2. The SMILES string of the molecule is CCCCCCC(Br)Cc1ncc[nH]1. The minimum atomic E-state index is 0.575.